The first kappa shape index (κ1) is 19.1. The first-order valence-corrected chi connectivity index (χ1v) is 13.4. The molecule has 0 aliphatic heterocycles. The molecular weight excluding hydrogens is 303 g/mol. The average Bonchev–Trinajstić information content (AvgIpc) is 2.17. The number of hydrogen-bond donors (Lipinski definition) is 1. The lowest BCUT2D eigenvalue weighted by Gasteiger charge is -2.33. The molecule has 0 aromatic heterocycles. The van der Waals surface area contributed by atoms with Crippen molar-refractivity contribution in [2.75, 3.05) is 6.54 Å². The molecule has 0 aromatic rings. The summed E-state index contributed by atoms with van der Waals surface area (Å²) in [6, 6.07) is 0. The fourth-order valence-corrected chi connectivity index (χ4v) is 7.61. The minimum atomic E-state index is -4.45. The average molecular weight is 325 g/mol. The predicted octanol–water partition coefficient (Wildman–Crippen LogP) is 3.01. The molecule has 1 amide bonds. The smallest absolute Gasteiger partial charge is 0.347 e. The SMILES string of the molecule is C[Si](C)(C)C(=C=O)C(C(=O)NCC(F)(F)F)[Si](C)(C)C. The Labute approximate surface area is 119 Å². The second kappa shape index (κ2) is 6.28. The zero-order chi connectivity index (χ0) is 16.4. The maximum atomic E-state index is 12.2. The van der Waals surface area contributed by atoms with Gasteiger partial charge in [-0.2, -0.15) is 13.2 Å². The van der Waals surface area contributed by atoms with Gasteiger partial charge in [-0.25, -0.2) is 4.79 Å². The molecule has 1 atom stereocenters. The molecule has 0 radical (unpaired) electrons. The molecule has 0 bridgehead atoms. The summed E-state index contributed by atoms with van der Waals surface area (Å²) in [7, 11) is -4.30. The lowest BCUT2D eigenvalue weighted by Crippen LogP contribution is -2.48. The second-order valence-corrected chi connectivity index (χ2v) is 17.2. The Kier molecular flexibility index (Phi) is 6.01. The Hall–Kier alpha value is -0.856. The number of carbonyl (C=O) groups is 1. The Morgan fingerprint density at radius 3 is 1.85 bits per heavy atom. The zero-order valence-corrected chi connectivity index (χ0v) is 14.7. The largest absolute Gasteiger partial charge is 0.405 e. The van der Waals surface area contributed by atoms with Crippen LogP contribution in [0.25, 0.3) is 0 Å². The number of amides is 1. The van der Waals surface area contributed by atoms with Crippen molar-refractivity contribution in [3.63, 3.8) is 0 Å². The van der Waals surface area contributed by atoms with Crippen molar-refractivity contribution in [3.05, 3.63) is 5.20 Å². The van der Waals surface area contributed by atoms with Crippen LogP contribution in [0, 0.1) is 0 Å². The van der Waals surface area contributed by atoms with Crippen molar-refractivity contribution in [1.82, 2.24) is 5.32 Å². The molecule has 0 aliphatic rings. The van der Waals surface area contributed by atoms with Crippen LogP contribution < -0.4 is 5.32 Å². The molecule has 0 rings (SSSR count). The highest BCUT2D eigenvalue weighted by molar-refractivity contribution is 6.90. The molecule has 0 heterocycles. The number of hydrogen-bond acceptors (Lipinski definition) is 2. The minimum absolute atomic E-state index is 0.372. The van der Waals surface area contributed by atoms with Gasteiger partial charge in [0.25, 0.3) is 0 Å². The van der Waals surface area contributed by atoms with Crippen LogP contribution in [0.1, 0.15) is 0 Å². The first-order valence-electron chi connectivity index (χ1n) is 6.30. The van der Waals surface area contributed by atoms with Gasteiger partial charge in [-0.15, -0.1) is 0 Å². The number of rotatable bonds is 5. The summed E-state index contributed by atoms with van der Waals surface area (Å²) < 4.78 is 36.6. The van der Waals surface area contributed by atoms with Crippen molar-refractivity contribution in [2.24, 2.45) is 0 Å². The van der Waals surface area contributed by atoms with Gasteiger partial charge in [0.05, 0.1) is 21.7 Å². The fraction of sp³-hybridized carbons (Fsp3) is 0.750. The van der Waals surface area contributed by atoms with Gasteiger partial charge in [0.15, 0.2) is 0 Å². The predicted molar refractivity (Wildman–Crippen MR) is 78.7 cm³/mol. The normalized spacial score (nSPS) is 14.4. The van der Waals surface area contributed by atoms with E-state index in [1.165, 1.54) is 0 Å². The maximum absolute atomic E-state index is 12.2. The highest BCUT2D eigenvalue weighted by Gasteiger charge is 2.42. The quantitative estimate of drug-likeness (QED) is 0.624. The maximum Gasteiger partial charge on any atom is 0.405 e. The Morgan fingerprint density at radius 2 is 1.60 bits per heavy atom. The highest BCUT2D eigenvalue weighted by atomic mass is 28.3. The molecule has 1 N–H and O–H groups in total. The number of alkyl halides is 3. The van der Waals surface area contributed by atoms with E-state index in [-0.39, 0.29) is 0 Å². The third-order valence-corrected chi connectivity index (χ3v) is 7.38. The van der Waals surface area contributed by atoms with Crippen LogP contribution in [0.2, 0.25) is 44.8 Å². The number of carbonyl (C=O) groups excluding carboxylic acids is 2. The highest BCUT2D eigenvalue weighted by Crippen LogP contribution is 2.34. The van der Waals surface area contributed by atoms with E-state index >= 15 is 0 Å². The van der Waals surface area contributed by atoms with E-state index in [0.29, 0.717) is 5.20 Å². The molecule has 0 spiro atoms. The summed E-state index contributed by atoms with van der Waals surface area (Å²) in [5.74, 6) is 1.14. The van der Waals surface area contributed by atoms with Crippen LogP contribution in [-0.2, 0) is 9.59 Å². The van der Waals surface area contributed by atoms with Crippen molar-refractivity contribution < 1.29 is 22.8 Å². The molecule has 0 aromatic carbocycles. The van der Waals surface area contributed by atoms with E-state index in [0.717, 1.165) is 0 Å². The molecule has 8 heteroatoms. The monoisotopic (exact) mass is 325 g/mol. The lowest BCUT2D eigenvalue weighted by atomic mass is 10.3. The third-order valence-electron chi connectivity index (χ3n) is 2.80. The standard InChI is InChI=1S/C12H22F3NO2Si2/c1-19(2,3)9(7-17)10(20(4,5)6)11(18)16-8-12(13,14)15/h10H,8H2,1-6H3,(H,16,18). The van der Waals surface area contributed by atoms with E-state index in [1.54, 1.807) is 0 Å². The van der Waals surface area contributed by atoms with Gasteiger partial charge in [-0.1, -0.05) is 39.3 Å². The van der Waals surface area contributed by atoms with Crippen molar-refractivity contribution in [1.29, 1.82) is 0 Å². The first-order chi connectivity index (χ1) is 8.70. The van der Waals surface area contributed by atoms with Gasteiger partial charge in [-0.3, -0.25) is 4.79 Å². The Morgan fingerprint density at radius 1 is 1.15 bits per heavy atom. The Bertz CT molecular complexity index is 416. The van der Waals surface area contributed by atoms with Gasteiger partial charge in [-0.05, 0) is 0 Å². The van der Waals surface area contributed by atoms with Crippen molar-refractivity contribution >= 4 is 28.0 Å². The molecule has 0 fully saturated rings. The lowest BCUT2D eigenvalue weighted by molar-refractivity contribution is -0.138. The summed E-state index contributed by atoms with van der Waals surface area (Å²) in [4.78, 5) is 23.4. The van der Waals surface area contributed by atoms with Crippen LogP contribution in [0.4, 0.5) is 13.2 Å². The molecular formula is C12H22F3NO2Si2. The molecule has 0 saturated carbocycles. The number of halogens is 3. The van der Waals surface area contributed by atoms with E-state index in [2.05, 4.69) is 0 Å². The van der Waals surface area contributed by atoms with Gasteiger partial charge < -0.3 is 5.32 Å². The van der Waals surface area contributed by atoms with Gasteiger partial charge >= 0.3 is 6.18 Å². The summed E-state index contributed by atoms with van der Waals surface area (Å²) in [5.41, 5.74) is -0.756. The van der Waals surface area contributed by atoms with Crippen LogP contribution in [-0.4, -0.2) is 40.7 Å². The van der Waals surface area contributed by atoms with Crippen LogP contribution >= 0.6 is 0 Å². The van der Waals surface area contributed by atoms with E-state index in [1.807, 2.05) is 50.5 Å². The Balaban J connectivity index is 5.41. The van der Waals surface area contributed by atoms with Gasteiger partial charge in [0.1, 0.15) is 12.5 Å². The van der Waals surface area contributed by atoms with E-state index in [4.69, 9.17) is 0 Å². The van der Waals surface area contributed by atoms with Crippen LogP contribution in [0.15, 0.2) is 5.20 Å². The van der Waals surface area contributed by atoms with Crippen LogP contribution in [0.5, 0.6) is 0 Å². The third kappa shape index (κ3) is 6.06. The minimum Gasteiger partial charge on any atom is -0.347 e. The molecule has 1 unspecified atom stereocenters. The molecule has 0 aliphatic carbocycles. The zero-order valence-electron chi connectivity index (χ0n) is 12.7. The van der Waals surface area contributed by atoms with Gasteiger partial charge in [0.2, 0.25) is 5.91 Å². The summed E-state index contributed by atoms with van der Waals surface area (Å²) >= 11 is 0. The number of nitrogens with one attached hydrogen (secondary N) is 1. The molecule has 3 nitrogen and oxygen atoms in total. The molecule has 116 valence electrons. The molecule has 0 saturated heterocycles. The van der Waals surface area contributed by atoms with Crippen LogP contribution in [0.3, 0.4) is 0 Å². The molecule has 20 heavy (non-hydrogen) atoms. The van der Waals surface area contributed by atoms with Crippen molar-refractivity contribution in [3.8, 4) is 0 Å². The van der Waals surface area contributed by atoms with E-state index in [9.17, 15) is 22.8 Å². The fourth-order valence-electron chi connectivity index (χ4n) is 1.89. The summed E-state index contributed by atoms with van der Waals surface area (Å²) in [5, 5.41) is 2.28. The van der Waals surface area contributed by atoms with Crippen molar-refractivity contribution in [2.45, 2.75) is 51.0 Å². The summed E-state index contributed by atoms with van der Waals surface area (Å²) in [6.45, 7) is 9.88. The van der Waals surface area contributed by atoms with E-state index < -0.39 is 40.3 Å². The topological polar surface area (TPSA) is 46.2 Å². The second-order valence-electron chi connectivity index (χ2n) is 6.90. The summed E-state index contributed by atoms with van der Waals surface area (Å²) in [6.07, 6.45) is -4.45. The van der Waals surface area contributed by atoms with Gasteiger partial charge in [0, 0.05) is 5.20 Å².